The first-order chi connectivity index (χ1) is 18.9. The molecule has 0 unspecified atom stereocenters. The predicted octanol–water partition coefficient (Wildman–Crippen LogP) is 6.88. The average Bonchev–Trinajstić information content (AvgIpc) is 3.34. The van der Waals surface area contributed by atoms with Gasteiger partial charge in [-0.15, -0.1) is 0 Å². The number of sulfone groups is 1. The van der Waals surface area contributed by atoms with E-state index in [9.17, 15) is 21.6 Å². The Morgan fingerprint density at radius 2 is 1.68 bits per heavy atom. The first-order valence-corrected chi connectivity index (χ1v) is 16.0. The van der Waals surface area contributed by atoms with Crippen LogP contribution < -0.4 is 0 Å². The highest BCUT2D eigenvalue weighted by molar-refractivity contribution is 9.10. The van der Waals surface area contributed by atoms with Gasteiger partial charge in [0.2, 0.25) is 0 Å². The van der Waals surface area contributed by atoms with E-state index >= 15 is 0 Å². The summed E-state index contributed by atoms with van der Waals surface area (Å²) in [6, 6.07) is 11.5. The molecule has 0 bridgehead atoms. The molecule has 6 nitrogen and oxygen atoms in total. The molecular weight excluding hydrogens is 605 g/mol. The molecule has 0 spiro atoms. The van der Waals surface area contributed by atoms with Crippen molar-refractivity contribution in [3.8, 4) is 0 Å². The summed E-state index contributed by atoms with van der Waals surface area (Å²) in [6.07, 6.45) is 0.476. The summed E-state index contributed by atoms with van der Waals surface area (Å²) in [7, 11) is -4.03. The van der Waals surface area contributed by atoms with Crippen molar-refractivity contribution in [1.29, 1.82) is 0 Å². The molecule has 0 N–H and O–H groups in total. The van der Waals surface area contributed by atoms with Crippen LogP contribution in [0.4, 0.5) is 13.2 Å². The lowest BCUT2D eigenvalue weighted by atomic mass is 9.79. The number of rotatable bonds is 6. The first kappa shape index (κ1) is 29.3. The van der Waals surface area contributed by atoms with E-state index < -0.39 is 26.5 Å². The Labute approximate surface area is 242 Å². The van der Waals surface area contributed by atoms with E-state index in [-0.39, 0.29) is 10.9 Å². The van der Waals surface area contributed by atoms with Crippen molar-refractivity contribution in [2.24, 2.45) is 0 Å². The second kappa shape index (κ2) is 11.2. The largest absolute Gasteiger partial charge is 0.433 e. The summed E-state index contributed by atoms with van der Waals surface area (Å²) >= 11 is 3.42. The number of alkyl halides is 3. The molecule has 1 aliphatic carbocycles. The van der Waals surface area contributed by atoms with Crippen LogP contribution in [0, 0.1) is 6.92 Å². The molecule has 1 aromatic carbocycles. The zero-order valence-corrected chi connectivity index (χ0v) is 25.1. The van der Waals surface area contributed by atoms with Crippen LogP contribution in [0.3, 0.4) is 0 Å². The zero-order chi connectivity index (χ0) is 28.7. The average molecular weight is 640 g/mol. The molecule has 11 heteroatoms. The van der Waals surface area contributed by atoms with Crippen LogP contribution >= 0.6 is 15.9 Å². The third kappa shape index (κ3) is 5.48. The third-order valence-corrected chi connectivity index (χ3v) is 11.7. The highest BCUT2D eigenvalue weighted by atomic mass is 79.9. The molecule has 1 saturated carbocycles. The zero-order valence-electron chi connectivity index (χ0n) is 22.7. The number of benzene rings is 1. The van der Waals surface area contributed by atoms with Gasteiger partial charge in [0.25, 0.3) is 0 Å². The Bertz CT molecular complexity index is 1420. The van der Waals surface area contributed by atoms with Crippen LogP contribution in [-0.2, 0) is 27.3 Å². The van der Waals surface area contributed by atoms with Gasteiger partial charge >= 0.3 is 6.18 Å². The molecule has 2 fully saturated rings. The topological polar surface area (TPSA) is 68.1 Å². The van der Waals surface area contributed by atoms with E-state index in [1.807, 2.05) is 31.2 Å². The molecule has 0 amide bonds. The lowest BCUT2D eigenvalue weighted by molar-refractivity contribution is -0.141. The van der Waals surface area contributed by atoms with Crippen LogP contribution in [0.2, 0.25) is 0 Å². The maximum absolute atomic E-state index is 14.1. The van der Waals surface area contributed by atoms with Crippen molar-refractivity contribution >= 4 is 25.8 Å². The fraction of sp³-hybridized carbons (Fsp3) is 0.517. The molecule has 0 radical (unpaired) electrons. The number of piperidine rings is 1. The molecule has 3 heterocycles. The Balaban J connectivity index is 1.35. The fourth-order valence-corrected chi connectivity index (χ4v) is 8.91. The predicted molar refractivity (Wildman–Crippen MR) is 151 cm³/mol. The number of aromatic nitrogens is 3. The summed E-state index contributed by atoms with van der Waals surface area (Å²) in [5.74, 6) is 0.468. The molecule has 1 aliphatic heterocycles. The summed E-state index contributed by atoms with van der Waals surface area (Å²) in [5.41, 5.74) is 1.90. The summed E-state index contributed by atoms with van der Waals surface area (Å²) in [5, 5.41) is 4.61. The van der Waals surface area contributed by atoms with Crippen LogP contribution in [-0.4, -0.2) is 47.2 Å². The molecular formula is C29H34BrF3N4O2S. The van der Waals surface area contributed by atoms with Crippen molar-refractivity contribution in [3.63, 3.8) is 0 Å². The molecule has 216 valence electrons. The Morgan fingerprint density at radius 3 is 2.23 bits per heavy atom. The van der Waals surface area contributed by atoms with Gasteiger partial charge < -0.3 is 4.90 Å². The molecule has 5 rings (SSSR count). The number of likely N-dealkylation sites (tertiary alicyclic amines) is 1. The smallest absolute Gasteiger partial charge is 0.300 e. The lowest BCUT2D eigenvalue weighted by Gasteiger charge is -2.45. The molecule has 0 atom stereocenters. The van der Waals surface area contributed by atoms with E-state index in [1.54, 1.807) is 0 Å². The van der Waals surface area contributed by atoms with Gasteiger partial charge in [0.15, 0.2) is 9.84 Å². The molecule has 40 heavy (non-hydrogen) atoms. The van der Waals surface area contributed by atoms with Gasteiger partial charge in [-0.05, 0) is 101 Å². The van der Waals surface area contributed by atoms with Crippen LogP contribution in [0.1, 0.15) is 74.0 Å². The van der Waals surface area contributed by atoms with Crippen molar-refractivity contribution in [3.05, 3.63) is 75.8 Å². The summed E-state index contributed by atoms with van der Waals surface area (Å²) < 4.78 is 69.3. The number of pyridine rings is 1. The standard InChI is InChI=1S/C29H34BrF3N4O2S/c1-3-37-26(18-20(2)35-37)21-12-16-36(17-13-21)24-10-14-28(15-11-24,22-4-6-23(30)7-5-22)40(38,39)25-8-9-27(34-19-25)29(31,32)33/h4-9,18-19,21,24H,3,10-17H2,1-2H3. The van der Waals surface area contributed by atoms with Crippen molar-refractivity contribution in [2.75, 3.05) is 13.1 Å². The summed E-state index contributed by atoms with van der Waals surface area (Å²) in [6.45, 7) is 6.89. The highest BCUT2D eigenvalue weighted by Crippen LogP contribution is 2.48. The minimum absolute atomic E-state index is 0.175. The van der Waals surface area contributed by atoms with Crippen molar-refractivity contribution in [2.45, 2.75) is 86.7 Å². The van der Waals surface area contributed by atoms with Crippen molar-refractivity contribution in [1.82, 2.24) is 19.7 Å². The minimum Gasteiger partial charge on any atom is -0.300 e. The van der Waals surface area contributed by atoms with Gasteiger partial charge in [-0.1, -0.05) is 28.1 Å². The molecule has 2 aliphatic rings. The van der Waals surface area contributed by atoms with Gasteiger partial charge in [0, 0.05) is 34.9 Å². The number of nitrogens with zero attached hydrogens (tertiary/aromatic N) is 4. The Hall–Kier alpha value is -2.24. The van der Waals surface area contributed by atoms with Crippen LogP contribution in [0.25, 0.3) is 0 Å². The van der Waals surface area contributed by atoms with E-state index in [0.717, 1.165) is 61.0 Å². The van der Waals surface area contributed by atoms with Gasteiger partial charge in [-0.25, -0.2) is 8.42 Å². The maximum atomic E-state index is 14.1. The second-order valence-electron chi connectivity index (χ2n) is 10.9. The van der Waals surface area contributed by atoms with Gasteiger partial charge in [0.05, 0.1) is 10.6 Å². The van der Waals surface area contributed by atoms with Crippen LogP contribution in [0.5, 0.6) is 0 Å². The molecule has 2 aromatic heterocycles. The first-order valence-electron chi connectivity index (χ1n) is 13.8. The van der Waals surface area contributed by atoms with E-state index in [4.69, 9.17) is 0 Å². The fourth-order valence-electron chi connectivity index (χ4n) is 6.54. The summed E-state index contributed by atoms with van der Waals surface area (Å²) in [4.78, 5) is 5.78. The quantitative estimate of drug-likeness (QED) is 0.294. The Morgan fingerprint density at radius 1 is 1.02 bits per heavy atom. The number of aryl methyl sites for hydroxylation is 2. The van der Waals surface area contributed by atoms with E-state index in [2.05, 4.69) is 48.6 Å². The van der Waals surface area contributed by atoms with Gasteiger partial charge in [-0.2, -0.15) is 18.3 Å². The van der Waals surface area contributed by atoms with Gasteiger partial charge in [-0.3, -0.25) is 9.67 Å². The highest BCUT2D eigenvalue weighted by Gasteiger charge is 2.49. The maximum Gasteiger partial charge on any atom is 0.433 e. The third-order valence-electron chi connectivity index (χ3n) is 8.68. The SMILES string of the molecule is CCn1nc(C)cc1C1CCN(C2CCC(c3ccc(Br)cc3)(S(=O)(=O)c3ccc(C(F)(F)F)nc3)CC2)CC1. The number of halogens is 4. The molecule has 1 saturated heterocycles. The van der Waals surface area contributed by atoms with Crippen LogP contribution in [0.15, 0.2) is 58.0 Å². The monoisotopic (exact) mass is 638 g/mol. The second-order valence-corrected chi connectivity index (χ2v) is 14.1. The number of hydrogen-bond acceptors (Lipinski definition) is 5. The Kier molecular flexibility index (Phi) is 8.20. The normalized spacial score (nSPS) is 23.4. The lowest BCUT2D eigenvalue weighted by Crippen LogP contribution is -2.48. The van der Waals surface area contributed by atoms with Gasteiger partial charge in [0.1, 0.15) is 10.4 Å². The minimum atomic E-state index is -4.63. The number of hydrogen-bond donors (Lipinski definition) is 0. The van der Waals surface area contributed by atoms with Crippen molar-refractivity contribution < 1.29 is 21.6 Å². The molecule has 3 aromatic rings. The van der Waals surface area contributed by atoms with E-state index in [0.29, 0.717) is 37.2 Å². The van der Waals surface area contributed by atoms with E-state index in [1.165, 1.54) is 5.69 Å².